The van der Waals surface area contributed by atoms with Crippen LogP contribution in [-0.4, -0.2) is 18.5 Å². The first-order valence-electron chi connectivity index (χ1n) is 7.38. The Kier molecular flexibility index (Phi) is 6.09. The maximum atomic E-state index is 11.9. The Labute approximate surface area is 140 Å². The fourth-order valence-corrected chi connectivity index (χ4v) is 3.20. The van der Waals surface area contributed by atoms with E-state index < -0.39 is 0 Å². The Morgan fingerprint density at radius 2 is 2.00 bits per heavy atom. The minimum atomic E-state index is -0.343. The van der Waals surface area contributed by atoms with Crippen molar-refractivity contribution in [3.05, 3.63) is 33.8 Å². The number of amides is 1. The van der Waals surface area contributed by atoms with Crippen LogP contribution in [0.4, 0.5) is 0 Å². The lowest BCUT2D eigenvalue weighted by Crippen LogP contribution is -2.32. The molecule has 1 unspecified atom stereocenters. The second-order valence-corrected chi connectivity index (χ2v) is 6.39. The minimum Gasteiger partial charge on any atom is -0.455 e. The van der Waals surface area contributed by atoms with E-state index in [0.717, 1.165) is 31.2 Å². The lowest BCUT2D eigenvalue weighted by atomic mass is 10.1. The summed E-state index contributed by atoms with van der Waals surface area (Å²) in [6, 6.07) is 4.81. The first-order chi connectivity index (χ1) is 10.5. The molecular formula is C16H19Cl2NO3. The Hall–Kier alpha value is -1.26. The predicted octanol–water partition coefficient (Wildman–Crippen LogP) is 3.90. The van der Waals surface area contributed by atoms with Gasteiger partial charge in [-0.25, -0.2) is 0 Å². The Bertz CT molecular complexity index is 556. The molecule has 0 bridgehead atoms. The van der Waals surface area contributed by atoms with Crippen LogP contribution < -0.4 is 5.32 Å². The normalized spacial score (nSPS) is 16.3. The number of nitrogens with one attached hydrogen (secondary N) is 1. The molecule has 0 heterocycles. The highest BCUT2D eigenvalue weighted by Gasteiger charge is 2.24. The number of ether oxygens (including phenoxy) is 1. The zero-order valence-electron chi connectivity index (χ0n) is 12.4. The molecule has 1 atom stereocenters. The summed E-state index contributed by atoms with van der Waals surface area (Å²) in [6.07, 6.45) is 3.82. The molecule has 1 fully saturated rings. The van der Waals surface area contributed by atoms with E-state index in [9.17, 15) is 9.59 Å². The Balaban J connectivity index is 1.82. The van der Waals surface area contributed by atoms with Crippen LogP contribution in [0.1, 0.15) is 44.2 Å². The van der Waals surface area contributed by atoms with Crippen molar-refractivity contribution in [1.29, 1.82) is 0 Å². The van der Waals surface area contributed by atoms with E-state index in [-0.39, 0.29) is 30.4 Å². The summed E-state index contributed by atoms with van der Waals surface area (Å²) in [5.41, 5.74) is 0.765. The molecule has 22 heavy (non-hydrogen) atoms. The van der Waals surface area contributed by atoms with Gasteiger partial charge in [-0.1, -0.05) is 42.1 Å². The van der Waals surface area contributed by atoms with Crippen LogP contribution in [0, 0.1) is 5.92 Å². The molecule has 1 aliphatic rings. The van der Waals surface area contributed by atoms with Gasteiger partial charge < -0.3 is 10.1 Å². The average Bonchev–Trinajstić information content (AvgIpc) is 2.98. The third kappa shape index (κ3) is 4.62. The van der Waals surface area contributed by atoms with Gasteiger partial charge in [0.05, 0.1) is 12.0 Å². The lowest BCUT2D eigenvalue weighted by Gasteiger charge is -2.16. The fourth-order valence-electron chi connectivity index (χ4n) is 2.63. The largest absolute Gasteiger partial charge is 0.455 e. The standard InChI is InChI=1S/C16H19Cl2NO3/c1-10(13-7-6-12(17)8-14(13)18)19-15(20)9-22-16(21)11-4-2-3-5-11/h6-8,10-11H,2-5,9H2,1H3,(H,19,20). The van der Waals surface area contributed by atoms with Gasteiger partial charge in [0.1, 0.15) is 0 Å². The van der Waals surface area contributed by atoms with Crippen molar-refractivity contribution in [3.63, 3.8) is 0 Å². The van der Waals surface area contributed by atoms with Crippen LogP contribution in [0.3, 0.4) is 0 Å². The van der Waals surface area contributed by atoms with Crippen molar-refractivity contribution in [3.8, 4) is 0 Å². The van der Waals surface area contributed by atoms with Crippen molar-refractivity contribution in [2.75, 3.05) is 6.61 Å². The topological polar surface area (TPSA) is 55.4 Å². The van der Waals surface area contributed by atoms with Crippen molar-refractivity contribution < 1.29 is 14.3 Å². The van der Waals surface area contributed by atoms with E-state index in [1.807, 2.05) is 6.92 Å². The van der Waals surface area contributed by atoms with Gasteiger partial charge >= 0.3 is 5.97 Å². The molecule has 4 nitrogen and oxygen atoms in total. The number of halogens is 2. The van der Waals surface area contributed by atoms with Crippen LogP contribution in [0.5, 0.6) is 0 Å². The molecule has 0 aromatic heterocycles. The number of benzene rings is 1. The Morgan fingerprint density at radius 1 is 1.32 bits per heavy atom. The fraction of sp³-hybridized carbons (Fsp3) is 0.500. The highest BCUT2D eigenvalue weighted by Crippen LogP contribution is 2.27. The predicted molar refractivity (Wildman–Crippen MR) is 85.9 cm³/mol. The molecule has 1 N–H and O–H groups in total. The summed E-state index contributed by atoms with van der Waals surface area (Å²) < 4.78 is 5.07. The van der Waals surface area contributed by atoms with E-state index in [0.29, 0.717) is 10.0 Å². The van der Waals surface area contributed by atoms with E-state index in [2.05, 4.69) is 5.32 Å². The number of hydrogen-bond donors (Lipinski definition) is 1. The van der Waals surface area contributed by atoms with Gasteiger partial charge in [-0.2, -0.15) is 0 Å². The lowest BCUT2D eigenvalue weighted by molar-refractivity contribution is -0.152. The first kappa shape index (κ1) is 17.1. The molecule has 1 aromatic carbocycles. The molecule has 0 saturated heterocycles. The number of rotatable bonds is 5. The van der Waals surface area contributed by atoms with E-state index in [1.165, 1.54) is 0 Å². The van der Waals surface area contributed by atoms with Crippen LogP contribution in [0.15, 0.2) is 18.2 Å². The van der Waals surface area contributed by atoms with Crippen LogP contribution >= 0.6 is 23.2 Å². The van der Waals surface area contributed by atoms with E-state index >= 15 is 0 Å². The summed E-state index contributed by atoms with van der Waals surface area (Å²) in [4.78, 5) is 23.6. The van der Waals surface area contributed by atoms with Gasteiger partial charge in [0.25, 0.3) is 5.91 Å². The van der Waals surface area contributed by atoms with Crippen molar-refractivity contribution in [2.45, 2.75) is 38.6 Å². The molecule has 1 aromatic rings. The van der Waals surface area contributed by atoms with Crippen molar-refractivity contribution in [1.82, 2.24) is 5.32 Å². The maximum absolute atomic E-state index is 11.9. The van der Waals surface area contributed by atoms with Crippen LogP contribution in [0.25, 0.3) is 0 Å². The molecular weight excluding hydrogens is 325 g/mol. The molecule has 120 valence electrons. The molecule has 1 aliphatic carbocycles. The number of carbonyl (C=O) groups excluding carboxylic acids is 2. The third-order valence-electron chi connectivity index (χ3n) is 3.84. The summed E-state index contributed by atoms with van der Waals surface area (Å²) >= 11 is 11.9. The summed E-state index contributed by atoms with van der Waals surface area (Å²) in [6.45, 7) is 1.55. The zero-order chi connectivity index (χ0) is 16.1. The van der Waals surface area contributed by atoms with Crippen LogP contribution in [0.2, 0.25) is 10.0 Å². The molecule has 0 radical (unpaired) electrons. The van der Waals surface area contributed by atoms with Gasteiger partial charge in [-0.05, 0) is 37.5 Å². The maximum Gasteiger partial charge on any atom is 0.309 e. The monoisotopic (exact) mass is 343 g/mol. The minimum absolute atomic E-state index is 0.0454. The van der Waals surface area contributed by atoms with Crippen LogP contribution in [-0.2, 0) is 14.3 Å². The smallest absolute Gasteiger partial charge is 0.309 e. The second-order valence-electron chi connectivity index (χ2n) is 5.54. The third-order valence-corrected chi connectivity index (χ3v) is 4.40. The summed E-state index contributed by atoms with van der Waals surface area (Å²) in [5.74, 6) is -0.661. The van der Waals surface area contributed by atoms with Gasteiger partial charge in [0, 0.05) is 10.0 Å². The molecule has 1 amide bonds. The Morgan fingerprint density at radius 3 is 2.64 bits per heavy atom. The summed E-state index contributed by atoms with van der Waals surface area (Å²) in [5, 5.41) is 3.79. The van der Waals surface area contributed by atoms with E-state index in [4.69, 9.17) is 27.9 Å². The zero-order valence-corrected chi connectivity index (χ0v) is 13.9. The van der Waals surface area contributed by atoms with Gasteiger partial charge in [0.2, 0.25) is 0 Å². The van der Waals surface area contributed by atoms with Gasteiger partial charge in [-0.3, -0.25) is 9.59 Å². The number of esters is 1. The number of hydrogen-bond acceptors (Lipinski definition) is 3. The molecule has 1 saturated carbocycles. The van der Waals surface area contributed by atoms with Gasteiger partial charge in [-0.15, -0.1) is 0 Å². The second kappa shape index (κ2) is 7.84. The summed E-state index contributed by atoms with van der Waals surface area (Å²) in [7, 11) is 0. The SMILES string of the molecule is CC(NC(=O)COC(=O)C1CCCC1)c1ccc(Cl)cc1Cl. The van der Waals surface area contributed by atoms with E-state index in [1.54, 1.807) is 18.2 Å². The first-order valence-corrected chi connectivity index (χ1v) is 8.14. The number of carbonyl (C=O) groups is 2. The molecule has 6 heteroatoms. The quantitative estimate of drug-likeness (QED) is 0.824. The molecule has 2 rings (SSSR count). The molecule has 0 spiro atoms. The van der Waals surface area contributed by atoms with Crippen molar-refractivity contribution in [2.24, 2.45) is 5.92 Å². The molecule has 0 aliphatic heterocycles. The average molecular weight is 344 g/mol. The van der Waals surface area contributed by atoms with Crippen molar-refractivity contribution >= 4 is 35.1 Å². The highest BCUT2D eigenvalue weighted by molar-refractivity contribution is 6.35. The van der Waals surface area contributed by atoms with Gasteiger partial charge in [0.15, 0.2) is 6.61 Å². The highest BCUT2D eigenvalue weighted by atomic mass is 35.5.